The van der Waals surface area contributed by atoms with Crippen LogP contribution in [-0.2, 0) is 6.42 Å². The van der Waals surface area contributed by atoms with Crippen molar-refractivity contribution in [2.75, 3.05) is 13.1 Å². The van der Waals surface area contributed by atoms with Gasteiger partial charge in [-0.3, -0.25) is 4.79 Å². The predicted octanol–water partition coefficient (Wildman–Crippen LogP) is 5.27. The van der Waals surface area contributed by atoms with E-state index in [9.17, 15) is 4.79 Å². The summed E-state index contributed by atoms with van der Waals surface area (Å²) in [5.74, 6) is 0.0623. The standard InChI is InChI=1S/C22H36N2O.ClH/c1-2-3-4-5-6-7-8-9-11-19-13-15-20(16-14-19)22(25)24-21-12-10-17-23-18-21;/h13-16,21,23H,2-12,17-18H2,1H3,(H,24,25);1H/t21-;/m1./s1. The molecule has 0 aliphatic carbocycles. The van der Waals surface area contributed by atoms with Gasteiger partial charge in [0.2, 0.25) is 0 Å². The van der Waals surface area contributed by atoms with Crippen molar-refractivity contribution in [1.82, 2.24) is 10.6 Å². The summed E-state index contributed by atoms with van der Waals surface area (Å²) < 4.78 is 0. The number of rotatable bonds is 11. The molecule has 1 heterocycles. The second-order valence-corrected chi connectivity index (χ2v) is 7.44. The molecule has 1 fully saturated rings. The predicted molar refractivity (Wildman–Crippen MR) is 113 cm³/mol. The summed E-state index contributed by atoms with van der Waals surface area (Å²) in [6.45, 7) is 4.23. The van der Waals surface area contributed by atoms with Crippen molar-refractivity contribution in [3.63, 3.8) is 0 Å². The first kappa shape index (κ1) is 23.0. The molecule has 1 aliphatic rings. The highest BCUT2D eigenvalue weighted by atomic mass is 35.5. The number of carbonyl (C=O) groups is 1. The summed E-state index contributed by atoms with van der Waals surface area (Å²) in [5.41, 5.74) is 2.13. The molecule has 1 aromatic rings. The lowest BCUT2D eigenvalue weighted by atomic mass is 10.0. The van der Waals surface area contributed by atoms with Crippen LogP contribution in [0.2, 0.25) is 0 Å². The Morgan fingerprint density at radius 1 is 1.04 bits per heavy atom. The van der Waals surface area contributed by atoms with Crippen molar-refractivity contribution in [3.8, 4) is 0 Å². The van der Waals surface area contributed by atoms with E-state index < -0.39 is 0 Å². The topological polar surface area (TPSA) is 41.1 Å². The van der Waals surface area contributed by atoms with Gasteiger partial charge in [0.05, 0.1) is 0 Å². The van der Waals surface area contributed by atoms with Gasteiger partial charge in [0, 0.05) is 18.2 Å². The van der Waals surface area contributed by atoms with E-state index in [4.69, 9.17) is 0 Å². The maximum absolute atomic E-state index is 12.3. The van der Waals surface area contributed by atoms with Gasteiger partial charge in [0.1, 0.15) is 0 Å². The molecule has 1 aromatic carbocycles. The quantitative estimate of drug-likeness (QED) is 0.513. The van der Waals surface area contributed by atoms with Crippen LogP contribution in [-0.4, -0.2) is 25.0 Å². The van der Waals surface area contributed by atoms with Crippen LogP contribution >= 0.6 is 12.4 Å². The van der Waals surface area contributed by atoms with Crippen LogP contribution in [0, 0.1) is 0 Å². The van der Waals surface area contributed by atoms with Crippen LogP contribution in [0.5, 0.6) is 0 Å². The molecular formula is C22H37ClN2O. The Morgan fingerprint density at radius 3 is 2.31 bits per heavy atom. The SMILES string of the molecule is CCCCCCCCCCc1ccc(C(=O)N[C@@H]2CCCNC2)cc1.Cl. The lowest BCUT2D eigenvalue weighted by Crippen LogP contribution is -2.45. The first-order chi connectivity index (χ1) is 12.3. The molecule has 1 atom stereocenters. The van der Waals surface area contributed by atoms with Crippen LogP contribution in [0.1, 0.15) is 87.1 Å². The fraction of sp³-hybridized carbons (Fsp3) is 0.682. The maximum Gasteiger partial charge on any atom is 0.251 e. The van der Waals surface area contributed by atoms with E-state index in [1.54, 1.807) is 0 Å². The number of nitrogens with one attached hydrogen (secondary N) is 2. The van der Waals surface area contributed by atoms with Crippen molar-refractivity contribution in [2.45, 2.75) is 83.6 Å². The molecule has 1 amide bonds. The Labute approximate surface area is 166 Å². The van der Waals surface area contributed by atoms with E-state index in [1.807, 2.05) is 12.1 Å². The van der Waals surface area contributed by atoms with Gasteiger partial charge in [0.25, 0.3) is 5.91 Å². The number of halogens is 1. The minimum absolute atomic E-state index is 0. The summed E-state index contributed by atoms with van der Waals surface area (Å²) >= 11 is 0. The Hall–Kier alpha value is -1.06. The Kier molecular flexibility index (Phi) is 12.4. The third-order valence-corrected chi connectivity index (χ3v) is 5.17. The first-order valence-electron chi connectivity index (χ1n) is 10.4. The molecule has 2 N–H and O–H groups in total. The number of benzene rings is 1. The molecule has 2 rings (SSSR count). The molecule has 0 saturated carbocycles. The Bertz CT molecular complexity index is 483. The molecule has 3 nitrogen and oxygen atoms in total. The van der Waals surface area contributed by atoms with Gasteiger partial charge >= 0.3 is 0 Å². The molecule has 0 radical (unpaired) electrons. The minimum Gasteiger partial charge on any atom is -0.348 e. The van der Waals surface area contributed by atoms with Crippen LogP contribution in [0.15, 0.2) is 24.3 Å². The lowest BCUT2D eigenvalue weighted by molar-refractivity contribution is 0.0930. The van der Waals surface area contributed by atoms with Crippen LogP contribution < -0.4 is 10.6 Å². The van der Waals surface area contributed by atoms with E-state index >= 15 is 0 Å². The normalized spacial score (nSPS) is 16.7. The zero-order chi connectivity index (χ0) is 17.7. The van der Waals surface area contributed by atoms with Gasteiger partial charge in [0.15, 0.2) is 0 Å². The highest BCUT2D eigenvalue weighted by molar-refractivity contribution is 5.94. The van der Waals surface area contributed by atoms with Crippen LogP contribution in [0.4, 0.5) is 0 Å². The molecule has 0 bridgehead atoms. The zero-order valence-electron chi connectivity index (χ0n) is 16.4. The molecule has 4 heteroatoms. The lowest BCUT2D eigenvalue weighted by Gasteiger charge is -2.23. The van der Waals surface area contributed by atoms with Gasteiger partial charge < -0.3 is 10.6 Å². The first-order valence-corrected chi connectivity index (χ1v) is 10.4. The van der Waals surface area contributed by atoms with Crippen LogP contribution in [0.3, 0.4) is 0 Å². The Morgan fingerprint density at radius 2 is 1.69 bits per heavy atom. The molecule has 1 aliphatic heterocycles. The van der Waals surface area contributed by atoms with Crippen LogP contribution in [0.25, 0.3) is 0 Å². The molecule has 0 spiro atoms. The Balaban J connectivity index is 0.00000338. The summed E-state index contributed by atoms with van der Waals surface area (Å²) in [5, 5.41) is 6.47. The molecule has 1 saturated heterocycles. The zero-order valence-corrected chi connectivity index (χ0v) is 17.2. The number of piperidine rings is 1. The summed E-state index contributed by atoms with van der Waals surface area (Å²) in [4.78, 5) is 12.3. The molecule has 0 unspecified atom stereocenters. The second-order valence-electron chi connectivity index (χ2n) is 7.44. The van der Waals surface area contributed by atoms with E-state index in [0.29, 0.717) is 0 Å². The van der Waals surface area contributed by atoms with Gasteiger partial charge in [-0.25, -0.2) is 0 Å². The summed E-state index contributed by atoms with van der Waals surface area (Å²) in [7, 11) is 0. The van der Waals surface area contributed by atoms with Crippen molar-refractivity contribution in [3.05, 3.63) is 35.4 Å². The van der Waals surface area contributed by atoms with Crippen molar-refractivity contribution < 1.29 is 4.79 Å². The highest BCUT2D eigenvalue weighted by Gasteiger charge is 2.16. The number of aryl methyl sites for hydroxylation is 1. The van der Waals surface area contributed by atoms with E-state index in [-0.39, 0.29) is 24.4 Å². The summed E-state index contributed by atoms with van der Waals surface area (Å²) in [6, 6.07) is 8.47. The third-order valence-electron chi connectivity index (χ3n) is 5.17. The van der Waals surface area contributed by atoms with E-state index in [2.05, 4.69) is 29.7 Å². The highest BCUT2D eigenvalue weighted by Crippen LogP contribution is 2.12. The maximum atomic E-state index is 12.3. The summed E-state index contributed by atoms with van der Waals surface area (Å²) in [6.07, 6.45) is 14.2. The van der Waals surface area contributed by atoms with Gasteiger partial charge in [-0.05, 0) is 49.9 Å². The largest absolute Gasteiger partial charge is 0.348 e. The second kappa shape index (κ2) is 14.1. The van der Waals surface area contributed by atoms with E-state index in [1.165, 1.54) is 56.9 Å². The average molecular weight is 381 g/mol. The van der Waals surface area contributed by atoms with Gasteiger partial charge in [-0.1, -0.05) is 64.0 Å². The smallest absolute Gasteiger partial charge is 0.251 e. The molecule has 148 valence electrons. The third kappa shape index (κ3) is 9.05. The monoisotopic (exact) mass is 380 g/mol. The minimum atomic E-state index is 0. The van der Waals surface area contributed by atoms with Crippen molar-refractivity contribution in [2.24, 2.45) is 0 Å². The number of carbonyl (C=O) groups excluding carboxylic acids is 1. The van der Waals surface area contributed by atoms with E-state index in [0.717, 1.165) is 37.9 Å². The number of unbranched alkanes of at least 4 members (excludes halogenated alkanes) is 7. The van der Waals surface area contributed by atoms with Crippen molar-refractivity contribution >= 4 is 18.3 Å². The molecule has 0 aromatic heterocycles. The number of hydrogen-bond acceptors (Lipinski definition) is 2. The van der Waals surface area contributed by atoms with Crippen molar-refractivity contribution in [1.29, 1.82) is 0 Å². The van der Waals surface area contributed by atoms with Gasteiger partial charge in [-0.15, -0.1) is 12.4 Å². The number of amides is 1. The average Bonchev–Trinajstić information content (AvgIpc) is 2.65. The molecule has 26 heavy (non-hydrogen) atoms. The molecular weight excluding hydrogens is 344 g/mol. The fourth-order valence-electron chi connectivity index (χ4n) is 3.53. The fourth-order valence-corrected chi connectivity index (χ4v) is 3.53. The number of hydrogen-bond donors (Lipinski definition) is 2. The van der Waals surface area contributed by atoms with Gasteiger partial charge in [-0.2, -0.15) is 0 Å².